The molecule has 0 heterocycles. The lowest BCUT2D eigenvalue weighted by Gasteiger charge is -2.23. The standard InChI is InChI=1S/C14H28O2P/c1-6-17(7-2,8-3)12-10-9-11-16-14(15)13(4)5/h4,6-12H2,1-3,5H3/q+1. The summed E-state index contributed by atoms with van der Waals surface area (Å²) in [6.45, 7) is 12.8. The van der Waals surface area contributed by atoms with Gasteiger partial charge in [0, 0.05) is 12.8 Å². The molecular formula is C14H28O2P+. The molecule has 0 amide bonds. The van der Waals surface area contributed by atoms with Crippen LogP contribution in [0.25, 0.3) is 0 Å². The second-order valence-electron chi connectivity index (χ2n) is 4.64. The van der Waals surface area contributed by atoms with Crippen molar-refractivity contribution in [3.8, 4) is 0 Å². The van der Waals surface area contributed by atoms with Crippen molar-refractivity contribution in [1.82, 2.24) is 0 Å². The van der Waals surface area contributed by atoms with E-state index in [9.17, 15) is 4.79 Å². The minimum atomic E-state index is -0.680. The van der Waals surface area contributed by atoms with Gasteiger partial charge in [0.1, 0.15) is 0 Å². The van der Waals surface area contributed by atoms with E-state index < -0.39 is 7.26 Å². The van der Waals surface area contributed by atoms with Gasteiger partial charge in [0.05, 0.1) is 31.3 Å². The first-order valence-corrected chi connectivity index (χ1v) is 9.22. The van der Waals surface area contributed by atoms with E-state index in [-0.39, 0.29) is 5.97 Å². The van der Waals surface area contributed by atoms with Crippen molar-refractivity contribution in [1.29, 1.82) is 0 Å². The Balaban J connectivity index is 3.76. The molecule has 100 valence electrons. The average Bonchev–Trinajstić information content (AvgIpc) is 2.34. The molecule has 0 N–H and O–H groups in total. The van der Waals surface area contributed by atoms with Crippen LogP contribution in [0.2, 0.25) is 0 Å². The molecule has 0 aliphatic carbocycles. The van der Waals surface area contributed by atoms with Crippen molar-refractivity contribution in [3.63, 3.8) is 0 Å². The SMILES string of the molecule is C=C(C)C(=O)OCCCC[P+](CC)(CC)CC. The molecule has 3 heteroatoms. The summed E-state index contributed by atoms with van der Waals surface area (Å²) in [6, 6.07) is 0. The van der Waals surface area contributed by atoms with Crippen LogP contribution >= 0.6 is 7.26 Å². The minimum absolute atomic E-state index is 0.257. The molecule has 0 atom stereocenters. The molecule has 0 saturated carbocycles. The smallest absolute Gasteiger partial charge is 0.333 e. The second-order valence-corrected chi connectivity index (χ2v) is 9.67. The predicted molar refractivity (Wildman–Crippen MR) is 78.4 cm³/mol. The van der Waals surface area contributed by atoms with Crippen molar-refractivity contribution in [2.24, 2.45) is 0 Å². The van der Waals surface area contributed by atoms with Gasteiger partial charge in [0.15, 0.2) is 0 Å². The fraction of sp³-hybridized carbons (Fsp3) is 0.786. The van der Waals surface area contributed by atoms with Crippen LogP contribution in [0.3, 0.4) is 0 Å². The molecule has 0 aromatic heterocycles. The monoisotopic (exact) mass is 259 g/mol. The van der Waals surface area contributed by atoms with Crippen molar-refractivity contribution in [3.05, 3.63) is 12.2 Å². The quantitative estimate of drug-likeness (QED) is 0.271. The summed E-state index contributed by atoms with van der Waals surface area (Å²) < 4.78 is 5.09. The van der Waals surface area contributed by atoms with E-state index >= 15 is 0 Å². The highest BCUT2D eigenvalue weighted by Crippen LogP contribution is 2.58. The first-order chi connectivity index (χ1) is 8.01. The first kappa shape index (κ1) is 16.6. The van der Waals surface area contributed by atoms with Crippen LogP contribution in [-0.2, 0) is 9.53 Å². The molecular weight excluding hydrogens is 231 g/mol. The lowest BCUT2D eigenvalue weighted by Crippen LogP contribution is -2.10. The third kappa shape index (κ3) is 6.21. The maximum atomic E-state index is 11.2. The van der Waals surface area contributed by atoms with Crippen molar-refractivity contribution >= 4 is 13.2 Å². The van der Waals surface area contributed by atoms with Gasteiger partial charge in [-0.15, -0.1) is 0 Å². The number of ether oxygens (including phenoxy) is 1. The number of rotatable bonds is 9. The van der Waals surface area contributed by atoms with Crippen LogP contribution in [-0.4, -0.2) is 37.2 Å². The van der Waals surface area contributed by atoms with Crippen molar-refractivity contribution in [2.75, 3.05) is 31.3 Å². The van der Waals surface area contributed by atoms with Crippen LogP contribution in [0, 0.1) is 0 Å². The van der Waals surface area contributed by atoms with Gasteiger partial charge >= 0.3 is 5.97 Å². The summed E-state index contributed by atoms with van der Waals surface area (Å²) in [5.41, 5.74) is 0.488. The lowest BCUT2D eigenvalue weighted by atomic mass is 10.3. The third-order valence-corrected chi connectivity index (χ3v) is 8.91. The summed E-state index contributed by atoms with van der Waals surface area (Å²) in [5, 5.41) is 0. The van der Waals surface area contributed by atoms with Gasteiger partial charge in [-0.1, -0.05) is 6.58 Å². The predicted octanol–water partition coefficient (Wildman–Crippen LogP) is 3.96. The van der Waals surface area contributed by atoms with Gasteiger partial charge in [0.2, 0.25) is 0 Å². The Morgan fingerprint density at radius 2 is 1.65 bits per heavy atom. The van der Waals surface area contributed by atoms with Crippen LogP contribution in [0.5, 0.6) is 0 Å². The molecule has 0 aliphatic rings. The summed E-state index contributed by atoms with van der Waals surface area (Å²) in [7, 11) is -0.680. The first-order valence-electron chi connectivity index (χ1n) is 6.69. The Morgan fingerprint density at radius 3 is 2.06 bits per heavy atom. The van der Waals surface area contributed by atoms with E-state index in [1.165, 1.54) is 31.1 Å². The van der Waals surface area contributed by atoms with E-state index in [1.54, 1.807) is 6.92 Å². The van der Waals surface area contributed by atoms with Gasteiger partial charge in [-0.25, -0.2) is 4.79 Å². The van der Waals surface area contributed by atoms with Crippen molar-refractivity contribution in [2.45, 2.75) is 40.5 Å². The van der Waals surface area contributed by atoms with Gasteiger partial charge in [-0.2, -0.15) is 0 Å². The van der Waals surface area contributed by atoms with E-state index in [1.807, 2.05) is 0 Å². The molecule has 0 radical (unpaired) electrons. The van der Waals surface area contributed by atoms with Gasteiger partial charge in [-0.05, 0) is 40.5 Å². The lowest BCUT2D eigenvalue weighted by molar-refractivity contribution is -0.139. The fourth-order valence-corrected chi connectivity index (χ4v) is 5.17. The molecule has 0 aromatic rings. The number of hydrogen-bond donors (Lipinski definition) is 0. The van der Waals surface area contributed by atoms with Gasteiger partial charge in [0.25, 0.3) is 0 Å². The molecule has 0 aromatic carbocycles. The Bertz CT molecular complexity index is 236. The molecule has 0 fully saturated rings. The highest BCUT2D eigenvalue weighted by Gasteiger charge is 2.29. The molecule has 0 bridgehead atoms. The molecule has 0 spiro atoms. The molecule has 0 aliphatic heterocycles. The Kier molecular flexibility index (Phi) is 8.51. The molecule has 2 nitrogen and oxygen atoms in total. The van der Waals surface area contributed by atoms with Crippen LogP contribution in [0.15, 0.2) is 12.2 Å². The number of unbranched alkanes of at least 4 members (excludes halogenated alkanes) is 1. The molecule has 17 heavy (non-hydrogen) atoms. The molecule has 0 saturated heterocycles. The average molecular weight is 259 g/mol. The molecule has 0 rings (SSSR count). The maximum Gasteiger partial charge on any atom is 0.333 e. The number of hydrogen-bond acceptors (Lipinski definition) is 2. The Labute approximate surface area is 107 Å². The van der Waals surface area contributed by atoms with Crippen LogP contribution in [0.1, 0.15) is 40.5 Å². The van der Waals surface area contributed by atoms with E-state index in [0.717, 1.165) is 6.42 Å². The number of carbonyl (C=O) groups excluding carboxylic acids is 1. The largest absolute Gasteiger partial charge is 0.462 e. The zero-order valence-corrected chi connectivity index (χ0v) is 12.8. The van der Waals surface area contributed by atoms with E-state index in [0.29, 0.717) is 12.2 Å². The normalized spacial score (nSPS) is 11.3. The summed E-state index contributed by atoms with van der Waals surface area (Å²) >= 11 is 0. The summed E-state index contributed by atoms with van der Waals surface area (Å²) in [4.78, 5) is 11.2. The highest BCUT2D eigenvalue weighted by atomic mass is 31.2. The minimum Gasteiger partial charge on any atom is -0.462 e. The topological polar surface area (TPSA) is 26.3 Å². The van der Waals surface area contributed by atoms with E-state index in [2.05, 4.69) is 27.4 Å². The van der Waals surface area contributed by atoms with Gasteiger partial charge in [-0.3, -0.25) is 0 Å². The third-order valence-electron chi connectivity index (χ3n) is 3.62. The number of carbonyl (C=O) groups is 1. The van der Waals surface area contributed by atoms with Crippen LogP contribution < -0.4 is 0 Å². The summed E-state index contributed by atoms with van der Waals surface area (Å²) in [6.07, 6.45) is 7.58. The van der Waals surface area contributed by atoms with Crippen LogP contribution in [0.4, 0.5) is 0 Å². The summed E-state index contributed by atoms with van der Waals surface area (Å²) in [5.74, 6) is -0.257. The second kappa shape index (κ2) is 8.69. The van der Waals surface area contributed by atoms with Gasteiger partial charge < -0.3 is 4.74 Å². The zero-order chi connectivity index (χ0) is 13.3. The fourth-order valence-electron chi connectivity index (χ4n) is 1.98. The Hall–Kier alpha value is -0.360. The zero-order valence-electron chi connectivity index (χ0n) is 11.9. The Morgan fingerprint density at radius 1 is 1.12 bits per heavy atom. The highest BCUT2D eigenvalue weighted by molar-refractivity contribution is 7.75. The van der Waals surface area contributed by atoms with Crippen molar-refractivity contribution < 1.29 is 9.53 Å². The number of esters is 1. The molecule has 0 unspecified atom stereocenters. The maximum absolute atomic E-state index is 11.2. The van der Waals surface area contributed by atoms with E-state index in [4.69, 9.17) is 4.74 Å².